The molecule has 0 saturated heterocycles. The van der Waals surface area contributed by atoms with Crippen molar-refractivity contribution < 1.29 is 9.50 Å². The van der Waals surface area contributed by atoms with Crippen LogP contribution in [0.15, 0.2) is 18.2 Å². The maximum Gasteiger partial charge on any atom is 0.130 e. The zero-order valence-electron chi connectivity index (χ0n) is 7.20. The molecule has 1 rings (SSSR count). The molecule has 0 spiro atoms. The Labute approximate surface area is 76.2 Å². The molecule has 1 aromatic carbocycles. The van der Waals surface area contributed by atoms with Gasteiger partial charge in [-0.15, -0.1) is 0 Å². The summed E-state index contributed by atoms with van der Waals surface area (Å²) in [5.41, 5.74) is 11.8. The minimum atomic E-state index is -0.467. The highest BCUT2D eigenvalue weighted by Gasteiger charge is 2.10. The standard InChI is InChI=1S/C9H13FN2O/c10-8-5-6(11)1-2-7(8)9(12)3-4-13/h1-2,5,9,13H,3-4,11-12H2/t9-/m0/s1. The number of aliphatic hydroxyl groups excluding tert-OH is 1. The molecule has 0 aromatic heterocycles. The highest BCUT2D eigenvalue weighted by Crippen LogP contribution is 2.19. The van der Waals surface area contributed by atoms with Gasteiger partial charge in [0.25, 0.3) is 0 Å². The monoisotopic (exact) mass is 184 g/mol. The highest BCUT2D eigenvalue weighted by atomic mass is 19.1. The average Bonchev–Trinajstić information content (AvgIpc) is 2.04. The van der Waals surface area contributed by atoms with Gasteiger partial charge in [0, 0.05) is 23.9 Å². The van der Waals surface area contributed by atoms with E-state index in [1.807, 2.05) is 0 Å². The minimum Gasteiger partial charge on any atom is -0.399 e. The number of benzene rings is 1. The topological polar surface area (TPSA) is 72.3 Å². The van der Waals surface area contributed by atoms with Gasteiger partial charge in [-0.25, -0.2) is 4.39 Å². The van der Waals surface area contributed by atoms with Gasteiger partial charge in [-0.2, -0.15) is 0 Å². The molecule has 4 heteroatoms. The first-order valence-corrected chi connectivity index (χ1v) is 4.06. The quantitative estimate of drug-likeness (QED) is 0.608. The number of hydrogen-bond donors (Lipinski definition) is 3. The van der Waals surface area contributed by atoms with Gasteiger partial charge >= 0.3 is 0 Å². The van der Waals surface area contributed by atoms with E-state index >= 15 is 0 Å². The van der Waals surface area contributed by atoms with E-state index in [4.69, 9.17) is 16.6 Å². The Morgan fingerprint density at radius 1 is 1.46 bits per heavy atom. The molecule has 3 nitrogen and oxygen atoms in total. The van der Waals surface area contributed by atoms with Gasteiger partial charge in [-0.05, 0) is 18.6 Å². The molecule has 72 valence electrons. The summed E-state index contributed by atoms with van der Waals surface area (Å²) in [5, 5.41) is 8.62. The van der Waals surface area contributed by atoms with E-state index in [2.05, 4.69) is 0 Å². The highest BCUT2D eigenvalue weighted by molar-refractivity contribution is 5.41. The van der Waals surface area contributed by atoms with E-state index in [9.17, 15) is 4.39 Å². The summed E-state index contributed by atoms with van der Waals surface area (Å²) in [4.78, 5) is 0. The number of anilines is 1. The number of nitrogen functional groups attached to an aromatic ring is 1. The molecular weight excluding hydrogens is 171 g/mol. The van der Waals surface area contributed by atoms with E-state index in [1.54, 1.807) is 12.1 Å². The van der Waals surface area contributed by atoms with Crippen LogP contribution in [-0.4, -0.2) is 11.7 Å². The largest absolute Gasteiger partial charge is 0.399 e. The van der Waals surface area contributed by atoms with Crippen molar-refractivity contribution >= 4 is 5.69 Å². The molecule has 0 unspecified atom stereocenters. The first kappa shape index (κ1) is 9.95. The molecule has 0 amide bonds. The molecule has 1 aromatic rings. The molecule has 0 fully saturated rings. The number of rotatable bonds is 3. The summed E-state index contributed by atoms with van der Waals surface area (Å²) in [6, 6.07) is 3.90. The first-order chi connectivity index (χ1) is 6.15. The van der Waals surface area contributed by atoms with E-state index in [0.717, 1.165) is 0 Å². The lowest BCUT2D eigenvalue weighted by atomic mass is 10.0. The van der Waals surface area contributed by atoms with Gasteiger partial charge in [-0.3, -0.25) is 0 Å². The molecule has 0 bridgehead atoms. The van der Waals surface area contributed by atoms with Crippen molar-refractivity contribution in [2.45, 2.75) is 12.5 Å². The fourth-order valence-electron chi connectivity index (χ4n) is 1.14. The van der Waals surface area contributed by atoms with Crippen LogP contribution in [0.3, 0.4) is 0 Å². The van der Waals surface area contributed by atoms with Crippen LogP contribution in [0.25, 0.3) is 0 Å². The zero-order valence-corrected chi connectivity index (χ0v) is 7.20. The normalized spacial score (nSPS) is 12.8. The van der Waals surface area contributed by atoms with Crippen molar-refractivity contribution in [1.82, 2.24) is 0 Å². The molecule has 0 aliphatic heterocycles. The minimum absolute atomic E-state index is 0.0506. The third-order valence-electron chi connectivity index (χ3n) is 1.86. The molecule has 1 atom stereocenters. The molecular formula is C9H13FN2O. The van der Waals surface area contributed by atoms with Crippen LogP contribution in [0.4, 0.5) is 10.1 Å². The molecule has 0 aliphatic rings. The number of halogens is 1. The second kappa shape index (κ2) is 4.20. The zero-order chi connectivity index (χ0) is 9.84. The van der Waals surface area contributed by atoms with Crippen LogP contribution in [0.2, 0.25) is 0 Å². The smallest absolute Gasteiger partial charge is 0.130 e. The van der Waals surface area contributed by atoms with E-state index < -0.39 is 11.9 Å². The van der Waals surface area contributed by atoms with Gasteiger partial charge in [0.2, 0.25) is 0 Å². The van der Waals surface area contributed by atoms with Crippen molar-refractivity contribution in [3.63, 3.8) is 0 Å². The molecule has 0 saturated carbocycles. The van der Waals surface area contributed by atoms with Gasteiger partial charge in [0.15, 0.2) is 0 Å². The number of nitrogens with two attached hydrogens (primary N) is 2. The predicted octanol–water partition coefficient (Wildman–Crippen LogP) is 0.790. The lowest BCUT2D eigenvalue weighted by Crippen LogP contribution is -2.13. The summed E-state index contributed by atoms with van der Waals surface area (Å²) < 4.78 is 13.2. The Morgan fingerprint density at radius 3 is 2.69 bits per heavy atom. The third kappa shape index (κ3) is 2.40. The fraction of sp³-hybridized carbons (Fsp3) is 0.333. The predicted molar refractivity (Wildman–Crippen MR) is 49.4 cm³/mol. The lowest BCUT2D eigenvalue weighted by Gasteiger charge is -2.11. The Balaban J connectivity index is 2.88. The first-order valence-electron chi connectivity index (χ1n) is 4.06. The molecule has 5 N–H and O–H groups in total. The van der Waals surface area contributed by atoms with Crippen molar-refractivity contribution in [2.24, 2.45) is 5.73 Å². The van der Waals surface area contributed by atoms with E-state index in [0.29, 0.717) is 17.7 Å². The Bertz CT molecular complexity index is 291. The van der Waals surface area contributed by atoms with Crippen LogP contribution in [-0.2, 0) is 0 Å². The van der Waals surface area contributed by atoms with E-state index in [1.165, 1.54) is 6.07 Å². The van der Waals surface area contributed by atoms with Gasteiger partial charge in [0.05, 0.1) is 0 Å². The van der Waals surface area contributed by atoms with Gasteiger partial charge in [0.1, 0.15) is 5.82 Å². The van der Waals surface area contributed by atoms with Crippen LogP contribution >= 0.6 is 0 Å². The van der Waals surface area contributed by atoms with Crippen LogP contribution < -0.4 is 11.5 Å². The summed E-state index contributed by atoms with van der Waals surface area (Å²) in [7, 11) is 0. The second-order valence-corrected chi connectivity index (χ2v) is 2.90. The maximum absolute atomic E-state index is 13.2. The van der Waals surface area contributed by atoms with Crippen LogP contribution in [0, 0.1) is 5.82 Å². The summed E-state index contributed by atoms with van der Waals surface area (Å²) in [6.07, 6.45) is 0.348. The van der Waals surface area contributed by atoms with Gasteiger partial charge in [-0.1, -0.05) is 6.07 Å². The Morgan fingerprint density at radius 2 is 2.15 bits per heavy atom. The van der Waals surface area contributed by atoms with Crippen molar-refractivity contribution in [3.05, 3.63) is 29.6 Å². The van der Waals surface area contributed by atoms with Crippen molar-refractivity contribution in [3.8, 4) is 0 Å². The van der Waals surface area contributed by atoms with Gasteiger partial charge < -0.3 is 16.6 Å². The molecule has 0 heterocycles. The number of hydrogen-bond acceptors (Lipinski definition) is 3. The lowest BCUT2D eigenvalue weighted by molar-refractivity contribution is 0.275. The van der Waals surface area contributed by atoms with Crippen LogP contribution in [0.1, 0.15) is 18.0 Å². The third-order valence-corrected chi connectivity index (χ3v) is 1.86. The van der Waals surface area contributed by atoms with E-state index in [-0.39, 0.29) is 6.61 Å². The van der Waals surface area contributed by atoms with Crippen LogP contribution in [0.5, 0.6) is 0 Å². The fourth-order valence-corrected chi connectivity index (χ4v) is 1.14. The average molecular weight is 184 g/mol. The Hall–Kier alpha value is -1.13. The SMILES string of the molecule is Nc1ccc([C@@H](N)CCO)c(F)c1. The summed E-state index contributed by atoms with van der Waals surface area (Å²) in [5.74, 6) is -0.416. The maximum atomic E-state index is 13.2. The molecule has 0 aliphatic carbocycles. The summed E-state index contributed by atoms with van der Waals surface area (Å²) >= 11 is 0. The van der Waals surface area contributed by atoms with Crippen molar-refractivity contribution in [2.75, 3.05) is 12.3 Å². The summed E-state index contributed by atoms with van der Waals surface area (Å²) in [6.45, 7) is -0.0506. The molecule has 13 heavy (non-hydrogen) atoms. The Kier molecular flexibility index (Phi) is 3.22. The number of aliphatic hydroxyl groups is 1. The second-order valence-electron chi connectivity index (χ2n) is 2.90. The van der Waals surface area contributed by atoms with Crippen molar-refractivity contribution in [1.29, 1.82) is 0 Å². The molecule has 0 radical (unpaired) electrons.